The van der Waals surface area contributed by atoms with Crippen molar-refractivity contribution in [3.8, 4) is 45.3 Å². The Bertz CT molecular complexity index is 1120. The first-order valence-corrected chi connectivity index (χ1v) is 8.67. The fourth-order valence-corrected chi connectivity index (χ4v) is 4.16. The second-order valence-corrected chi connectivity index (χ2v) is 7.06. The van der Waals surface area contributed by atoms with E-state index in [-0.39, 0.29) is 0 Å². The zero-order chi connectivity index (χ0) is 22.9. The topological polar surface area (TPSA) is 80.9 Å². The van der Waals surface area contributed by atoms with Gasteiger partial charge < -0.3 is 20.4 Å². The summed E-state index contributed by atoms with van der Waals surface area (Å²) in [4.78, 5) is 0. The molecule has 0 spiro atoms. The van der Waals surface area contributed by atoms with Crippen molar-refractivity contribution in [1.29, 1.82) is 0 Å². The molecule has 31 heavy (non-hydrogen) atoms. The molecular formula is C21H12F6O4. The lowest BCUT2D eigenvalue weighted by molar-refractivity contribution is -0.288. The van der Waals surface area contributed by atoms with Crippen molar-refractivity contribution in [3.63, 3.8) is 0 Å². The van der Waals surface area contributed by atoms with Crippen LogP contribution in [0.25, 0.3) is 22.3 Å². The van der Waals surface area contributed by atoms with Crippen molar-refractivity contribution >= 4 is 0 Å². The summed E-state index contributed by atoms with van der Waals surface area (Å²) >= 11 is 0. The third-order valence-corrected chi connectivity index (χ3v) is 5.36. The molecule has 3 aromatic carbocycles. The van der Waals surface area contributed by atoms with Crippen molar-refractivity contribution in [1.82, 2.24) is 0 Å². The van der Waals surface area contributed by atoms with Crippen molar-refractivity contribution in [3.05, 3.63) is 59.7 Å². The van der Waals surface area contributed by atoms with Crippen LogP contribution in [0.4, 0.5) is 26.3 Å². The largest absolute Gasteiger partial charge is 0.508 e. The first kappa shape index (κ1) is 20.7. The summed E-state index contributed by atoms with van der Waals surface area (Å²) in [5.74, 6) is -3.11. The molecule has 1 aliphatic rings. The van der Waals surface area contributed by atoms with E-state index in [1.807, 2.05) is 0 Å². The van der Waals surface area contributed by atoms with Crippen LogP contribution in [-0.4, -0.2) is 32.8 Å². The molecule has 162 valence electrons. The van der Waals surface area contributed by atoms with E-state index >= 15 is 0 Å². The molecule has 10 heteroatoms. The van der Waals surface area contributed by atoms with Crippen LogP contribution in [0.15, 0.2) is 48.5 Å². The van der Waals surface area contributed by atoms with Crippen LogP contribution in [0.3, 0.4) is 0 Å². The molecule has 0 amide bonds. The summed E-state index contributed by atoms with van der Waals surface area (Å²) in [5.41, 5.74) is -9.83. The van der Waals surface area contributed by atoms with Crippen molar-refractivity contribution < 1.29 is 46.8 Å². The molecule has 0 aliphatic heterocycles. The summed E-state index contributed by atoms with van der Waals surface area (Å²) in [6.07, 6.45) is -12.0. The summed E-state index contributed by atoms with van der Waals surface area (Å²) in [6.45, 7) is 0. The maximum Gasteiger partial charge on any atom is 0.411 e. The molecule has 4 nitrogen and oxygen atoms in total. The van der Waals surface area contributed by atoms with E-state index in [1.54, 1.807) is 0 Å². The summed E-state index contributed by atoms with van der Waals surface area (Å²) in [5, 5.41) is 40.4. The first-order chi connectivity index (χ1) is 14.3. The molecule has 0 fully saturated rings. The van der Waals surface area contributed by atoms with E-state index in [4.69, 9.17) is 0 Å². The molecule has 0 bridgehead atoms. The second kappa shape index (κ2) is 6.22. The average Bonchev–Trinajstić information content (AvgIpc) is 2.74. The molecule has 0 unspecified atom stereocenters. The Morgan fingerprint density at radius 2 is 0.903 bits per heavy atom. The molecule has 4 N–H and O–H groups in total. The van der Waals surface area contributed by atoms with E-state index in [0.29, 0.717) is 12.1 Å². The first-order valence-electron chi connectivity index (χ1n) is 8.67. The lowest BCUT2D eigenvalue weighted by Crippen LogP contribution is -2.55. The van der Waals surface area contributed by atoms with Gasteiger partial charge in [-0.25, -0.2) is 0 Å². The number of rotatable bonds is 0. The number of hydrogen-bond donors (Lipinski definition) is 4. The number of benzene rings is 3. The fourth-order valence-electron chi connectivity index (χ4n) is 4.16. The highest BCUT2D eigenvalue weighted by molar-refractivity contribution is 5.97. The Kier molecular flexibility index (Phi) is 4.16. The number of phenolic OH excluding ortho intramolecular Hbond substituents is 4. The Labute approximate surface area is 170 Å². The lowest BCUT2D eigenvalue weighted by Gasteiger charge is -2.39. The van der Waals surface area contributed by atoms with Gasteiger partial charge >= 0.3 is 12.4 Å². The highest BCUT2D eigenvalue weighted by atomic mass is 19.4. The van der Waals surface area contributed by atoms with Gasteiger partial charge in [0.1, 0.15) is 23.0 Å². The second-order valence-electron chi connectivity index (χ2n) is 7.06. The summed E-state index contributed by atoms with van der Waals surface area (Å²) in [7, 11) is 0. The van der Waals surface area contributed by atoms with E-state index in [1.165, 1.54) is 0 Å². The van der Waals surface area contributed by atoms with Gasteiger partial charge in [-0.05, 0) is 58.7 Å². The van der Waals surface area contributed by atoms with Crippen LogP contribution in [0.1, 0.15) is 11.1 Å². The minimum Gasteiger partial charge on any atom is -0.508 e. The number of fused-ring (bicyclic) bond motifs is 5. The van der Waals surface area contributed by atoms with Gasteiger partial charge in [0.05, 0.1) is 0 Å². The average molecular weight is 442 g/mol. The minimum absolute atomic E-state index is 0.322. The molecule has 0 saturated carbocycles. The monoisotopic (exact) mass is 442 g/mol. The molecular weight excluding hydrogens is 430 g/mol. The SMILES string of the molecule is Oc1ccc2c(c1)C(C(F)(F)F)(C(F)(F)F)c1cc(O)ccc1-c1c(O)ccc(O)c1-2. The van der Waals surface area contributed by atoms with Crippen LogP contribution in [0, 0.1) is 0 Å². The normalized spacial score (nSPS) is 14.9. The summed E-state index contributed by atoms with van der Waals surface area (Å²) in [6, 6.07) is 5.86. The van der Waals surface area contributed by atoms with E-state index in [9.17, 15) is 46.8 Å². The molecule has 0 radical (unpaired) electrons. The highest BCUT2D eigenvalue weighted by Crippen LogP contribution is 2.64. The van der Waals surface area contributed by atoms with Gasteiger partial charge in [-0.15, -0.1) is 0 Å². The van der Waals surface area contributed by atoms with Crippen molar-refractivity contribution in [2.75, 3.05) is 0 Å². The van der Waals surface area contributed by atoms with E-state index < -0.39 is 74.1 Å². The van der Waals surface area contributed by atoms with Crippen LogP contribution in [0.2, 0.25) is 0 Å². The number of aromatic hydroxyl groups is 4. The van der Waals surface area contributed by atoms with Crippen LogP contribution in [0.5, 0.6) is 23.0 Å². The zero-order valence-electron chi connectivity index (χ0n) is 15.2. The van der Waals surface area contributed by atoms with Gasteiger partial charge in [0.25, 0.3) is 0 Å². The zero-order valence-corrected chi connectivity index (χ0v) is 15.2. The maximum absolute atomic E-state index is 14.5. The number of hydrogen-bond acceptors (Lipinski definition) is 4. The van der Waals surface area contributed by atoms with E-state index in [2.05, 4.69) is 0 Å². The van der Waals surface area contributed by atoms with Gasteiger partial charge in [0.15, 0.2) is 0 Å². The molecule has 4 rings (SSSR count). The Morgan fingerprint density at radius 3 is 1.23 bits per heavy atom. The Balaban J connectivity index is 2.40. The van der Waals surface area contributed by atoms with Crippen LogP contribution >= 0.6 is 0 Å². The quantitative estimate of drug-likeness (QED) is 0.271. The van der Waals surface area contributed by atoms with Crippen molar-refractivity contribution in [2.24, 2.45) is 0 Å². The third-order valence-electron chi connectivity index (χ3n) is 5.36. The van der Waals surface area contributed by atoms with Crippen LogP contribution < -0.4 is 0 Å². The van der Waals surface area contributed by atoms with Gasteiger partial charge in [-0.1, -0.05) is 12.1 Å². The standard InChI is InChI=1S/C21H12F6O4/c22-20(23,24)19(21(25,26)27)13-7-9(28)1-3-11(13)17-15(30)5-6-16(31)18(17)12-4-2-10(29)8-14(12)19/h1-8,28-31H. The van der Waals surface area contributed by atoms with Gasteiger partial charge in [-0.3, -0.25) is 0 Å². The van der Waals surface area contributed by atoms with Gasteiger partial charge in [0, 0.05) is 11.1 Å². The highest BCUT2D eigenvalue weighted by Gasteiger charge is 2.74. The van der Waals surface area contributed by atoms with E-state index in [0.717, 1.165) is 36.4 Å². The number of phenols is 4. The van der Waals surface area contributed by atoms with Crippen LogP contribution in [-0.2, 0) is 5.41 Å². The fraction of sp³-hybridized carbons (Fsp3) is 0.143. The molecule has 0 aromatic heterocycles. The van der Waals surface area contributed by atoms with Crippen molar-refractivity contribution in [2.45, 2.75) is 17.8 Å². The summed E-state index contributed by atoms with van der Waals surface area (Å²) < 4.78 is 87.1. The minimum atomic E-state index is -6.00. The predicted octanol–water partition coefficient (Wildman–Crippen LogP) is 5.57. The van der Waals surface area contributed by atoms with Gasteiger partial charge in [0.2, 0.25) is 5.41 Å². The Hall–Kier alpha value is -3.56. The molecule has 0 heterocycles. The number of halogens is 6. The third kappa shape index (κ3) is 2.63. The Morgan fingerprint density at radius 1 is 0.548 bits per heavy atom. The molecule has 0 saturated heterocycles. The smallest absolute Gasteiger partial charge is 0.411 e. The number of alkyl halides is 6. The van der Waals surface area contributed by atoms with Gasteiger partial charge in [-0.2, -0.15) is 26.3 Å². The molecule has 1 aliphatic carbocycles. The predicted molar refractivity (Wildman–Crippen MR) is 96.9 cm³/mol. The maximum atomic E-state index is 14.5. The molecule has 0 atom stereocenters. The molecule has 3 aromatic rings. The lowest BCUT2D eigenvalue weighted by atomic mass is 9.70.